The van der Waals surface area contributed by atoms with Gasteiger partial charge in [0.15, 0.2) is 0 Å². The molecule has 0 unspecified atom stereocenters. The Balaban J connectivity index is 1.74. The monoisotopic (exact) mass is 379 g/mol. The number of halogens is 2. The number of nitrogens with zero attached hydrogens (tertiary/aromatic N) is 4. The van der Waals surface area contributed by atoms with Gasteiger partial charge in [0.05, 0.1) is 28.1 Å². The quantitative estimate of drug-likeness (QED) is 0.728. The van der Waals surface area contributed by atoms with Crippen LogP contribution in [0.5, 0.6) is 0 Å². The molecule has 2 N–H and O–H groups in total. The molecule has 2 aromatic heterocycles. The first-order valence-corrected chi connectivity index (χ1v) is 9.28. The summed E-state index contributed by atoms with van der Waals surface area (Å²) >= 11 is 0. The van der Waals surface area contributed by atoms with E-state index in [1.807, 2.05) is 6.07 Å². The van der Waals surface area contributed by atoms with E-state index < -0.39 is 17.0 Å². The molecule has 0 spiro atoms. The third kappa shape index (κ3) is 1.99. The smallest absolute Gasteiger partial charge is 0.220 e. The number of rotatable bonds is 2. The fourth-order valence-electron chi connectivity index (χ4n) is 5.37. The van der Waals surface area contributed by atoms with Crippen LogP contribution >= 0.6 is 0 Å². The van der Waals surface area contributed by atoms with Gasteiger partial charge in [0.2, 0.25) is 5.95 Å². The van der Waals surface area contributed by atoms with E-state index in [-0.39, 0.29) is 28.5 Å². The van der Waals surface area contributed by atoms with Crippen molar-refractivity contribution in [3.8, 4) is 11.3 Å². The second-order valence-corrected chi connectivity index (χ2v) is 8.15. The van der Waals surface area contributed by atoms with Crippen LogP contribution < -0.4 is 5.73 Å². The van der Waals surface area contributed by atoms with Crippen molar-refractivity contribution in [1.82, 2.24) is 20.2 Å². The van der Waals surface area contributed by atoms with Crippen molar-refractivity contribution in [3.63, 3.8) is 0 Å². The lowest BCUT2D eigenvalue weighted by atomic mass is 9.66. The molecule has 142 valence electrons. The molecule has 0 saturated heterocycles. The van der Waals surface area contributed by atoms with E-state index in [1.165, 1.54) is 18.2 Å². The number of fused-ring (bicyclic) bond motifs is 5. The van der Waals surface area contributed by atoms with E-state index in [0.29, 0.717) is 0 Å². The number of nitrogens with two attached hydrogens (primary N) is 1. The fraction of sp³-hybridized carbons (Fsp3) is 0.333. The normalized spacial score (nSPS) is 24.4. The highest BCUT2D eigenvalue weighted by Crippen LogP contribution is 2.69. The number of aromatic nitrogens is 4. The second-order valence-electron chi connectivity index (χ2n) is 8.15. The second kappa shape index (κ2) is 5.53. The Morgan fingerprint density at radius 3 is 2.57 bits per heavy atom. The minimum Gasteiger partial charge on any atom is -0.368 e. The predicted molar refractivity (Wildman–Crippen MR) is 100 cm³/mol. The summed E-state index contributed by atoms with van der Waals surface area (Å²) in [6.07, 6.45) is 3.47. The molecular weight excluding hydrogens is 360 g/mol. The first kappa shape index (κ1) is 17.2. The van der Waals surface area contributed by atoms with E-state index in [1.54, 1.807) is 12.3 Å². The zero-order valence-corrected chi connectivity index (χ0v) is 15.6. The largest absolute Gasteiger partial charge is 0.368 e. The Hall–Kier alpha value is -2.96. The van der Waals surface area contributed by atoms with Gasteiger partial charge in [-0.25, -0.2) is 18.7 Å². The van der Waals surface area contributed by atoms with Crippen molar-refractivity contribution in [2.45, 2.75) is 38.0 Å². The van der Waals surface area contributed by atoms with Gasteiger partial charge >= 0.3 is 0 Å². The molecule has 1 saturated carbocycles. The SMILES string of the molecule is CC1(C)[C@H]2CC[C@@]1(c1ccnc(N)n1)c1nnc(-c3c(F)cccc3F)cc12. The first-order chi connectivity index (χ1) is 13.4. The van der Waals surface area contributed by atoms with Crippen molar-refractivity contribution >= 4 is 5.95 Å². The van der Waals surface area contributed by atoms with Crippen molar-refractivity contribution in [2.24, 2.45) is 5.41 Å². The van der Waals surface area contributed by atoms with Crippen molar-refractivity contribution in [3.05, 3.63) is 65.1 Å². The molecule has 2 atom stereocenters. The van der Waals surface area contributed by atoms with Crippen LogP contribution in [-0.2, 0) is 5.41 Å². The summed E-state index contributed by atoms with van der Waals surface area (Å²) in [4.78, 5) is 8.52. The number of nitrogen functional groups attached to an aromatic ring is 1. The Kier molecular flexibility index (Phi) is 3.39. The van der Waals surface area contributed by atoms with Crippen LogP contribution in [0.3, 0.4) is 0 Å². The van der Waals surface area contributed by atoms with Gasteiger partial charge in [0.25, 0.3) is 0 Å². The summed E-state index contributed by atoms with van der Waals surface area (Å²) in [5.41, 5.74) is 7.94. The first-order valence-electron chi connectivity index (χ1n) is 9.28. The maximum Gasteiger partial charge on any atom is 0.220 e. The van der Waals surface area contributed by atoms with Gasteiger partial charge in [-0.05, 0) is 54.0 Å². The molecule has 2 aliphatic carbocycles. The highest BCUT2D eigenvalue weighted by Gasteiger charge is 2.65. The van der Waals surface area contributed by atoms with E-state index in [0.717, 1.165) is 29.8 Å². The van der Waals surface area contributed by atoms with Crippen LogP contribution in [0, 0.1) is 17.0 Å². The molecule has 0 aliphatic heterocycles. The van der Waals surface area contributed by atoms with E-state index >= 15 is 0 Å². The van der Waals surface area contributed by atoms with Crippen LogP contribution in [0.1, 0.15) is 49.6 Å². The fourth-order valence-corrected chi connectivity index (χ4v) is 5.37. The summed E-state index contributed by atoms with van der Waals surface area (Å²) < 4.78 is 28.5. The maximum absolute atomic E-state index is 14.3. The Labute approximate surface area is 161 Å². The van der Waals surface area contributed by atoms with Gasteiger partial charge < -0.3 is 5.73 Å². The molecule has 0 amide bonds. The molecule has 2 bridgehead atoms. The van der Waals surface area contributed by atoms with E-state index in [4.69, 9.17) is 5.73 Å². The van der Waals surface area contributed by atoms with Gasteiger partial charge in [-0.3, -0.25) is 0 Å². The Morgan fingerprint density at radius 1 is 1.11 bits per heavy atom. The lowest BCUT2D eigenvalue weighted by Crippen LogP contribution is -2.38. The molecule has 5 nitrogen and oxygen atoms in total. The molecule has 7 heteroatoms. The van der Waals surface area contributed by atoms with Gasteiger partial charge in [0, 0.05) is 6.20 Å². The van der Waals surface area contributed by atoms with Crippen LogP contribution in [0.2, 0.25) is 0 Å². The molecule has 1 fully saturated rings. The summed E-state index contributed by atoms with van der Waals surface area (Å²) in [6, 6.07) is 7.47. The number of anilines is 1. The van der Waals surface area contributed by atoms with E-state index in [9.17, 15) is 8.78 Å². The average molecular weight is 379 g/mol. The maximum atomic E-state index is 14.3. The summed E-state index contributed by atoms with van der Waals surface area (Å²) in [5, 5.41) is 8.70. The summed E-state index contributed by atoms with van der Waals surface area (Å²) in [6.45, 7) is 4.38. The highest BCUT2D eigenvalue weighted by molar-refractivity contribution is 5.64. The van der Waals surface area contributed by atoms with Crippen LogP contribution in [0.15, 0.2) is 36.5 Å². The molecule has 5 rings (SSSR count). The molecule has 28 heavy (non-hydrogen) atoms. The molecule has 1 aromatic carbocycles. The van der Waals surface area contributed by atoms with Gasteiger partial charge in [-0.2, -0.15) is 5.10 Å². The van der Waals surface area contributed by atoms with Crippen LogP contribution in [0.25, 0.3) is 11.3 Å². The third-order valence-electron chi connectivity index (χ3n) is 6.71. The lowest BCUT2D eigenvalue weighted by molar-refractivity contribution is 0.243. The van der Waals surface area contributed by atoms with Gasteiger partial charge in [0.1, 0.15) is 11.6 Å². The third-order valence-corrected chi connectivity index (χ3v) is 6.71. The number of hydrogen-bond acceptors (Lipinski definition) is 5. The Morgan fingerprint density at radius 2 is 1.86 bits per heavy atom. The highest BCUT2D eigenvalue weighted by atomic mass is 19.1. The van der Waals surface area contributed by atoms with E-state index in [2.05, 4.69) is 34.0 Å². The van der Waals surface area contributed by atoms with Gasteiger partial charge in [-0.15, -0.1) is 5.10 Å². The lowest BCUT2D eigenvalue weighted by Gasteiger charge is -2.37. The predicted octanol–water partition coefficient (Wildman–Crippen LogP) is 4.00. The molecule has 2 aliphatic rings. The number of hydrogen-bond donors (Lipinski definition) is 1. The minimum atomic E-state index is -0.644. The zero-order chi connectivity index (χ0) is 19.7. The van der Waals surface area contributed by atoms with Crippen LogP contribution in [0.4, 0.5) is 14.7 Å². The van der Waals surface area contributed by atoms with Crippen LogP contribution in [-0.4, -0.2) is 20.2 Å². The standard InChI is InChI=1S/C21H19F2N5/c1-20(2)12-6-8-21(20,16-7-9-25-19(24)26-16)18-11(12)10-15(27-28-18)17-13(22)4-3-5-14(17)23/h3-5,7,9-10,12H,6,8H2,1-2H3,(H2,24,25,26)/t12-,21+/m0/s1. The molecule has 2 heterocycles. The average Bonchev–Trinajstić information content (AvgIpc) is 3.03. The van der Waals surface area contributed by atoms with Crippen molar-refractivity contribution in [2.75, 3.05) is 5.73 Å². The Bertz CT molecular complexity index is 1090. The number of benzene rings is 1. The minimum absolute atomic E-state index is 0.140. The molecular formula is C21H19F2N5. The van der Waals surface area contributed by atoms with Crippen molar-refractivity contribution in [1.29, 1.82) is 0 Å². The molecule has 0 radical (unpaired) electrons. The molecule has 3 aromatic rings. The zero-order valence-electron chi connectivity index (χ0n) is 15.6. The summed E-state index contributed by atoms with van der Waals surface area (Å²) in [5.74, 6) is -0.870. The topological polar surface area (TPSA) is 77.6 Å². The van der Waals surface area contributed by atoms with Gasteiger partial charge in [-0.1, -0.05) is 19.9 Å². The summed E-state index contributed by atoms with van der Waals surface area (Å²) in [7, 11) is 0. The van der Waals surface area contributed by atoms with Crippen molar-refractivity contribution < 1.29 is 8.78 Å².